The highest BCUT2D eigenvalue weighted by Gasteiger charge is 2.36. The van der Waals surface area contributed by atoms with Gasteiger partial charge in [-0.1, -0.05) is 105 Å². The Balaban J connectivity index is 0.000000167. The molecule has 0 bridgehead atoms. The Labute approximate surface area is 724 Å². The van der Waals surface area contributed by atoms with Crippen LogP contribution in [0.3, 0.4) is 0 Å². The van der Waals surface area contributed by atoms with Crippen molar-refractivity contribution in [1.82, 2.24) is 65.5 Å². The number of halogens is 8. The minimum atomic E-state index is -3.51. The number of aliphatic hydroxyl groups is 2. The fraction of sp³-hybridized carbons (Fsp3) is 0.280. The number of rotatable bonds is 22. The highest BCUT2D eigenvalue weighted by atomic mass is 35.5. The van der Waals surface area contributed by atoms with E-state index < -0.39 is 87.6 Å². The number of nitrogens with one attached hydrogen (secondary N) is 4. The quantitative estimate of drug-likeness (QED) is 0.00760. The van der Waals surface area contributed by atoms with E-state index in [4.69, 9.17) is 79.3 Å². The standard InChI is InChI=1S/C29H26Cl2F2N2O6S.C27H26Cl2N8O4.C26H23Cl2N5O6/c1-42(40,41)18-5-2-4-16(12-18)13-24(29(38)39)34-28(37)26-21(30)14-17-15-35(11-10-19(17)27(26)31)25(36)9-8-20-22(32)6-3-7-23(20)33;28-19-11-16-14-36(25(39)20-12-17-5-1-2-9-37(17)34-20)10-6-18(16)23(29)22(19)24(38)33-21(26(40)41)13-31-27(32-15-30)35-7-3-4-8-35;1-13(34)19-11-33(31-30-19)12-20(26(37)38)29-24(35)22-18(27)8-16-10-32(6-4-17(16)23(22)28)25(36)15-3-2-14-5-7-39-21(14)9-15/h2-9,12,14,24,28,34,37H,10-11,13,15H2,1H3,(H,38,39);1-2,5,9,11-12,21H,3-4,6-8,10,13-14H2,(H,31,32)(H,33,38)(H,40,41);2-3,5,7-9,11,13,20,34H,4,6,10,12H2,1H3,(H,29,35)(H,37,38)/b9-8+;;/t24-,28+;21-;13-,20-/m000/s1. The van der Waals surface area contributed by atoms with E-state index in [0.717, 1.165) is 54.3 Å². The number of benzene rings is 6. The molecule has 6 aromatic carbocycles. The smallest absolute Gasteiger partial charge is 0.328 e. The summed E-state index contributed by atoms with van der Waals surface area (Å²) in [4.78, 5) is 112. The molecule has 0 saturated carbocycles. The van der Waals surface area contributed by atoms with Gasteiger partial charge in [0.05, 0.1) is 78.3 Å². The van der Waals surface area contributed by atoms with Crippen LogP contribution in [0.4, 0.5) is 8.78 Å². The number of carbonyl (C=O) groups is 8. The first-order valence-corrected chi connectivity index (χ1v) is 41.8. The molecule has 0 aliphatic carbocycles. The monoisotopic (exact) mass is 1810 g/mol. The molecule has 14 rings (SSSR count). The maximum absolute atomic E-state index is 13.9. The summed E-state index contributed by atoms with van der Waals surface area (Å²) in [6.45, 7) is 3.83. The predicted molar refractivity (Wildman–Crippen MR) is 445 cm³/mol. The van der Waals surface area contributed by atoms with Crippen molar-refractivity contribution in [2.24, 2.45) is 4.99 Å². The zero-order valence-corrected chi connectivity index (χ0v) is 69.9. The molecular weight excluding hydrogens is 1730 g/mol. The lowest BCUT2D eigenvalue weighted by Crippen LogP contribution is -2.45. The summed E-state index contributed by atoms with van der Waals surface area (Å²) in [5.74, 6) is -7.64. The van der Waals surface area contributed by atoms with Crippen LogP contribution in [0.25, 0.3) is 22.6 Å². The number of pyridine rings is 1. The topological polar surface area (TPSA) is 430 Å². The second-order valence-electron chi connectivity index (χ2n) is 28.7. The normalized spacial score (nSPS) is 15.1. The lowest BCUT2D eigenvalue weighted by Gasteiger charge is -2.31. The van der Waals surface area contributed by atoms with Gasteiger partial charge in [0.25, 0.3) is 23.6 Å². The second-order valence-corrected chi connectivity index (χ2v) is 33.1. The Morgan fingerprint density at radius 2 is 1.25 bits per heavy atom. The van der Waals surface area contributed by atoms with Crippen LogP contribution in [0.15, 0.2) is 148 Å². The molecule has 5 atom stereocenters. The molecule has 10 aromatic rings. The summed E-state index contributed by atoms with van der Waals surface area (Å²) in [6.07, 6.45) is 10.0. The van der Waals surface area contributed by atoms with Crippen LogP contribution in [0.2, 0.25) is 30.1 Å². The number of guanidine groups is 1. The molecule has 40 heteroatoms. The van der Waals surface area contributed by atoms with Gasteiger partial charge in [0.15, 0.2) is 21.7 Å². The Bertz CT molecular complexity index is 5960. The highest BCUT2D eigenvalue weighted by Crippen LogP contribution is 2.40. The molecule has 0 spiro atoms. The number of aliphatic hydroxyl groups excluding tert-OH is 2. The molecule has 4 aliphatic heterocycles. The van der Waals surface area contributed by atoms with E-state index >= 15 is 0 Å². The molecule has 4 aliphatic rings. The molecule has 0 radical (unpaired) electrons. The molecular formula is C82H75Cl6F2N15O16S. The second kappa shape index (κ2) is 39.1. The third-order valence-electron chi connectivity index (χ3n) is 20.5. The molecule has 5 amide bonds. The number of furan rings is 1. The minimum Gasteiger partial charge on any atom is -0.480 e. The number of nitriles is 1. The number of amides is 5. The van der Waals surface area contributed by atoms with E-state index in [2.05, 4.69) is 41.7 Å². The van der Waals surface area contributed by atoms with Crippen molar-refractivity contribution in [2.75, 3.05) is 45.5 Å². The number of aromatic nitrogens is 5. The van der Waals surface area contributed by atoms with Crippen molar-refractivity contribution in [1.29, 1.82) is 5.26 Å². The number of fused-ring (bicyclic) bond motifs is 5. The number of aliphatic imine (C=N–C) groups is 1. The van der Waals surface area contributed by atoms with Gasteiger partial charge < -0.3 is 60.2 Å². The first-order chi connectivity index (χ1) is 58.1. The number of hydrogen-bond donors (Lipinski definition) is 9. The van der Waals surface area contributed by atoms with Crippen LogP contribution < -0.4 is 21.3 Å². The van der Waals surface area contributed by atoms with Gasteiger partial charge in [-0.2, -0.15) is 10.4 Å². The van der Waals surface area contributed by atoms with Gasteiger partial charge >= 0.3 is 17.9 Å². The van der Waals surface area contributed by atoms with Crippen molar-refractivity contribution >= 4 is 155 Å². The van der Waals surface area contributed by atoms with E-state index in [1.54, 1.807) is 63.2 Å². The van der Waals surface area contributed by atoms with Crippen molar-refractivity contribution in [2.45, 2.75) is 107 Å². The lowest BCUT2D eigenvalue weighted by atomic mass is 9.95. The first kappa shape index (κ1) is 89.6. The molecule has 1 fully saturated rings. The van der Waals surface area contributed by atoms with Gasteiger partial charge in [0.2, 0.25) is 11.9 Å². The van der Waals surface area contributed by atoms with Crippen LogP contribution in [0, 0.1) is 23.1 Å². The number of hydrogen-bond acceptors (Lipinski definition) is 19. The van der Waals surface area contributed by atoms with Gasteiger partial charge in [-0.3, -0.25) is 39.4 Å². The van der Waals surface area contributed by atoms with Gasteiger partial charge in [0.1, 0.15) is 47.3 Å². The number of likely N-dealkylation sites (tertiary alicyclic amines) is 1. The zero-order valence-electron chi connectivity index (χ0n) is 64.6. The summed E-state index contributed by atoms with van der Waals surface area (Å²) < 4.78 is 59.8. The Kier molecular flexibility index (Phi) is 28.7. The van der Waals surface area contributed by atoms with E-state index in [0.29, 0.717) is 94.8 Å². The van der Waals surface area contributed by atoms with E-state index in [9.17, 15) is 81.1 Å². The van der Waals surface area contributed by atoms with Crippen molar-refractivity contribution in [3.8, 4) is 6.19 Å². The number of carbonyl (C=O) groups excluding carboxylic acids is 5. The Hall–Kier alpha value is -11.6. The van der Waals surface area contributed by atoms with Gasteiger partial charge in [-0.25, -0.2) is 41.0 Å². The van der Waals surface area contributed by atoms with Crippen LogP contribution in [0.1, 0.15) is 129 Å². The third-order valence-corrected chi connectivity index (χ3v) is 23.8. The molecule has 1 saturated heterocycles. The Morgan fingerprint density at radius 3 is 1.84 bits per heavy atom. The van der Waals surface area contributed by atoms with E-state index in [-0.39, 0.29) is 133 Å². The molecule has 0 unspecified atom stereocenters. The van der Waals surface area contributed by atoms with Crippen molar-refractivity contribution in [3.63, 3.8) is 0 Å². The number of carboxylic acids is 3. The first-order valence-electron chi connectivity index (χ1n) is 37.6. The number of aliphatic carboxylic acids is 3. The van der Waals surface area contributed by atoms with Gasteiger partial charge in [-0.15, -0.1) is 5.10 Å². The van der Waals surface area contributed by atoms with Gasteiger partial charge in [0, 0.05) is 98.0 Å². The highest BCUT2D eigenvalue weighted by molar-refractivity contribution is 7.90. The van der Waals surface area contributed by atoms with Crippen LogP contribution in [-0.2, 0) is 80.9 Å². The van der Waals surface area contributed by atoms with Gasteiger partial charge in [-0.05, 0) is 169 Å². The fourth-order valence-electron chi connectivity index (χ4n) is 14.2. The molecule has 9 N–H and O–H groups in total. The maximum Gasteiger partial charge on any atom is 0.328 e. The lowest BCUT2D eigenvalue weighted by molar-refractivity contribution is -0.141. The summed E-state index contributed by atoms with van der Waals surface area (Å²) in [5.41, 5.74) is 6.47. The average molecular weight is 1810 g/mol. The number of sulfone groups is 1. The average Bonchev–Trinajstić information content (AvgIpc) is 0.821. The van der Waals surface area contributed by atoms with Crippen molar-refractivity contribution < 1.29 is 85.5 Å². The molecule has 31 nitrogen and oxygen atoms in total. The molecule has 8 heterocycles. The number of carboxylic acid groups (broad SMARTS) is 3. The molecule has 636 valence electrons. The maximum atomic E-state index is 13.9. The molecule has 4 aromatic heterocycles. The van der Waals surface area contributed by atoms with E-state index in [1.165, 1.54) is 53.0 Å². The van der Waals surface area contributed by atoms with Crippen LogP contribution in [-0.4, -0.2) is 195 Å². The van der Waals surface area contributed by atoms with Crippen LogP contribution in [0.5, 0.6) is 0 Å². The van der Waals surface area contributed by atoms with Crippen molar-refractivity contribution in [3.05, 3.63) is 254 Å². The summed E-state index contributed by atoms with van der Waals surface area (Å²) >= 11 is 39.3. The molecule has 122 heavy (non-hydrogen) atoms. The predicted octanol–water partition coefficient (Wildman–Crippen LogP) is 10.6. The summed E-state index contributed by atoms with van der Waals surface area (Å²) in [6, 6.07) is 24.2. The van der Waals surface area contributed by atoms with Crippen LogP contribution >= 0.6 is 69.6 Å². The third kappa shape index (κ3) is 20.9. The fourth-order valence-corrected chi connectivity index (χ4v) is 17.2. The summed E-state index contributed by atoms with van der Waals surface area (Å²) in [7, 11) is -3.51. The Morgan fingerprint density at radius 1 is 0.664 bits per heavy atom. The largest absolute Gasteiger partial charge is 0.480 e. The van der Waals surface area contributed by atoms with E-state index in [1.807, 2.05) is 41.4 Å². The summed E-state index contributed by atoms with van der Waals surface area (Å²) in [5, 5.41) is 82.0. The minimum absolute atomic E-state index is 0.0280. The zero-order chi connectivity index (χ0) is 87.7. The number of nitrogens with zero attached hydrogens (tertiary/aromatic N) is 11. The SMILES string of the molecule is CS(=O)(=O)c1cccc(C[C@H](N[C@H](O)c2c(Cl)cc3c(c2Cl)CCN(C(=O)/C=C/c2c(F)cccc2F)C3)C(=O)O)c1.C[C@H](O)c1cn(C[C@H](NC(=O)c2c(Cl)cc3c(c2Cl)CCN(C(=O)c2ccc4ccoc4c2)C3)C(=O)O)nn1.N#CNC(=NC[C@H](NC(=O)c1c(Cl)cc2c(c1Cl)CCN(C(=O)c1cc3ccccn3n1)C2)C(=O)O)N1CCCC1.